The average molecular weight is 226 g/mol. The molecular formula is C13H22O3. The molecule has 0 aromatic carbocycles. The first-order valence-electron chi connectivity index (χ1n) is 6.12. The average Bonchev–Trinajstić information content (AvgIpc) is 2.61. The quantitative estimate of drug-likeness (QED) is 0.677. The van der Waals surface area contributed by atoms with E-state index in [9.17, 15) is 9.59 Å². The summed E-state index contributed by atoms with van der Waals surface area (Å²) in [6.45, 7) is 4.30. The Hall–Kier alpha value is -0.860. The van der Waals surface area contributed by atoms with E-state index in [1.165, 1.54) is 7.11 Å². The minimum Gasteiger partial charge on any atom is -0.469 e. The van der Waals surface area contributed by atoms with Gasteiger partial charge in [-0.25, -0.2) is 0 Å². The highest BCUT2D eigenvalue weighted by Crippen LogP contribution is 2.47. The summed E-state index contributed by atoms with van der Waals surface area (Å²) in [6, 6.07) is 0. The van der Waals surface area contributed by atoms with Crippen LogP contribution < -0.4 is 0 Å². The smallest absolute Gasteiger partial charge is 0.306 e. The fraction of sp³-hybridized carbons (Fsp3) is 0.846. The van der Waals surface area contributed by atoms with Crippen LogP contribution in [0.3, 0.4) is 0 Å². The maximum Gasteiger partial charge on any atom is 0.306 e. The zero-order chi connectivity index (χ0) is 12.2. The van der Waals surface area contributed by atoms with Gasteiger partial charge in [-0.05, 0) is 17.8 Å². The molecule has 0 aliphatic heterocycles. The Morgan fingerprint density at radius 1 is 1.56 bits per heavy atom. The van der Waals surface area contributed by atoms with Gasteiger partial charge in [-0.15, -0.1) is 0 Å². The van der Waals surface area contributed by atoms with Gasteiger partial charge in [0.05, 0.1) is 13.5 Å². The van der Waals surface area contributed by atoms with Gasteiger partial charge in [0.15, 0.2) is 0 Å². The molecule has 3 nitrogen and oxygen atoms in total. The van der Waals surface area contributed by atoms with Crippen molar-refractivity contribution in [3.05, 3.63) is 0 Å². The summed E-state index contributed by atoms with van der Waals surface area (Å²) in [6.07, 6.45) is 4.61. The standard InChI is InChI=1S/C13H22O3/c1-4-5-10(2)13(9-12(15)16-3)7-6-11(14)8-13/h10H,4-9H2,1-3H3. The van der Waals surface area contributed by atoms with Crippen molar-refractivity contribution >= 4 is 11.8 Å². The molecule has 2 atom stereocenters. The van der Waals surface area contributed by atoms with Gasteiger partial charge >= 0.3 is 5.97 Å². The van der Waals surface area contributed by atoms with Gasteiger partial charge in [0, 0.05) is 12.8 Å². The van der Waals surface area contributed by atoms with Crippen molar-refractivity contribution in [1.29, 1.82) is 0 Å². The summed E-state index contributed by atoms with van der Waals surface area (Å²) in [5, 5.41) is 0. The number of Topliss-reactive ketones (excluding diaryl/α,β-unsaturated/α-hetero) is 1. The molecule has 0 N–H and O–H groups in total. The molecule has 0 aromatic heterocycles. The van der Waals surface area contributed by atoms with Gasteiger partial charge in [-0.3, -0.25) is 9.59 Å². The molecule has 2 unspecified atom stereocenters. The lowest BCUT2D eigenvalue weighted by Crippen LogP contribution is -2.30. The van der Waals surface area contributed by atoms with E-state index < -0.39 is 0 Å². The van der Waals surface area contributed by atoms with E-state index >= 15 is 0 Å². The molecule has 3 heteroatoms. The fourth-order valence-electron chi connectivity index (χ4n) is 2.80. The summed E-state index contributed by atoms with van der Waals surface area (Å²) in [5.74, 6) is 0.535. The minimum absolute atomic E-state index is 0.125. The van der Waals surface area contributed by atoms with Crippen LogP contribution in [0.1, 0.15) is 52.4 Å². The van der Waals surface area contributed by atoms with Gasteiger partial charge in [-0.2, -0.15) is 0 Å². The molecule has 16 heavy (non-hydrogen) atoms. The van der Waals surface area contributed by atoms with E-state index in [1.54, 1.807) is 0 Å². The zero-order valence-electron chi connectivity index (χ0n) is 10.5. The second-order valence-electron chi connectivity index (χ2n) is 5.02. The Bertz CT molecular complexity index is 272. The molecule has 1 fully saturated rings. The van der Waals surface area contributed by atoms with Gasteiger partial charge in [0.25, 0.3) is 0 Å². The van der Waals surface area contributed by atoms with Crippen LogP contribution in [0.15, 0.2) is 0 Å². The third-order valence-electron chi connectivity index (χ3n) is 3.94. The number of hydrogen-bond acceptors (Lipinski definition) is 3. The highest BCUT2D eigenvalue weighted by Gasteiger charge is 2.43. The van der Waals surface area contributed by atoms with E-state index in [-0.39, 0.29) is 11.4 Å². The van der Waals surface area contributed by atoms with Gasteiger partial charge in [-0.1, -0.05) is 26.7 Å². The Morgan fingerprint density at radius 3 is 2.69 bits per heavy atom. The molecule has 92 valence electrons. The van der Waals surface area contributed by atoms with Crippen LogP contribution in [-0.2, 0) is 14.3 Å². The lowest BCUT2D eigenvalue weighted by Gasteiger charge is -2.33. The third-order valence-corrected chi connectivity index (χ3v) is 3.94. The topological polar surface area (TPSA) is 43.4 Å². The Kier molecular flexibility index (Phi) is 4.51. The number of hydrogen-bond donors (Lipinski definition) is 0. The molecule has 0 spiro atoms. The van der Waals surface area contributed by atoms with Crippen molar-refractivity contribution in [3.63, 3.8) is 0 Å². The monoisotopic (exact) mass is 226 g/mol. The first kappa shape index (κ1) is 13.2. The molecule has 0 aromatic rings. The number of carbonyl (C=O) groups is 2. The number of rotatable bonds is 5. The molecular weight excluding hydrogens is 204 g/mol. The summed E-state index contributed by atoms with van der Waals surface area (Å²) in [5.41, 5.74) is -0.125. The van der Waals surface area contributed by atoms with Crippen molar-refractivity contribution in [2.75, 3.05) is 7.11 Å². The second-order valence-corrected chi connectivity index (χ2v) is 5.02. The largest absolute Gasteiger partial charge is 0.469 e. The molecule has 1 aliphatic rings. The number of esters is 1. The normalized spacial score (nSPS) is 26.8. The first-order chi connectivity index (χ1) is 7.54. The van der Waals surface area contributed by atoms with Gasteiger partial charge < -0.3 is 4.74 Å². The maximum absolute atomic E-state index is 11.5. The molecule has 0 radical (unpaired) electrons. The van der Waals surface area contributed by atoms with Crippen molar-refractivity contribution in [2.45, 2.75) is 52.4 Å². The second kappa shape index (κ2) is 5.46. The van der Waals surface area contributed by atoms with Gasteiger partial charge in [0.2, 0.25) is 0 Å². The van der Waals surface area contributed by atoms with E-state index in [0.717, 1.165) is 19.3 Å². The van der Waals surface area contributed by atoms with E-state index in [4.69, 9.17) is 4.74 Å². The fourth-order valence-corrected chi connectivity index (χ4v) is 2.80. The van der Waals surface area contributed by atoms with E-state index in [1.807, 2.05) is 0 Å². The zero-order valence-corrected chi connectivity index (χ0v) is 10.5. The lowest BCUT2D eigenvalue weighted by atomic mass is 9.70. The summed E-state index contributed by atoms with van der Waals surface area (Å²) in [7, 11) is 1.41. The lowest BCUT2D eigenvalue weighted by molar-refractivity contribution is -0.144. The number of methoxy groups -OCH3 is 1. The number of ether oxygens (including phenoxy) is 1. The Balaban J connectivity index is 2.76. The molecule has 0 heterocycles. The molecule has 1 saturated carbocycles. The predicted molar refractivity (Wildman–Crippen MR) is 62.0 cm³/mol. The van der Waals surface area contributed by atoms with Crippen LogP contribution >= 0.6 is 0 Å². The van der Waals surface area contributed by atoms with E-state index in [2.05, 4.69) is 13.8 Å². The maximum atomic E-state index is 11.5. The van der Waals surface area contributed by atoms with Crippen LogP contribution in [-0.4, -0.2) is 18.9 Å². The summed E-state index contributed by atoms with van der Waals surface area (Å²) >= 11 is 0. The van der Waals surface area contributed by atoms with Crippen LogP contribution in [0.4, 0.5) is 0 Å². The van der Waals surface area contributed by atoms with Crippen LogP contribution in [0.5, 0.6) is 0 Å². The summed E-state index contributed by atoms with van der Waals surface area (Å²) < 4.78 is 4.75. The molecule has 1 aliphatic carbocycles. The van der Waals surface area contributed by atoms with Crippen LogP contribution in [0, 0.1) is 11.3 Å². The van der Waals surface area contributed by atoms with Crippen molar-refractivity contribution in [3.8, 4) is 0 Å². The van der Waals surface area contributed by atoms with Gasteiger partial charge in [0.1, 0.15) is 5.78 Å². The molecule has 0 saturated heterocycles. The SMILES string of the molecule is CCCC(C)C1(CC(=O)OC)CCC(=O)C1. The van der Waals surface area contributed by atoms with Crippen LogP contribution in [0.2, 0.25) is 0 Å². The number of ketones is 1. The summed E-state index contributed by atoms with van der Waals surface area (Å²) in [4.78, 5) is 22.9. The highest BCUT2D eigenvalue weighted by molar-refractivity contribution is 5.83. The predicted octanol–water partition coefficient (Wildman–Crippen LogP) is 2.73. The molecule has 0 amide bonds. The Morgan fingerprint density at radius 2 is 2.25 bits per heavy atom. The van der Waals surface area contributed by atoms with Crippen molar-refractivity contribution in [2.24, 2.45) is 11.3 Å². The minimum atomic E-state index is -0.183. The third kappa shape index (κ3) is 2.83. The van der Waals surface area contributed by atoms with E-state index in [0.29, 0.717) is 31.0 Å². The molecule has 1 rings (SSSR count). The Labute approximate surface area is 97.5 Å². The molecule has 0 bridgehead atoms. The highest BCUT2D eigenvalue weighted by atomic mass is 16.5. The number of carbonyl (C=O) groups excluding carboxylic acids is 2. The first-order valence-corrected chi connectivity index (χ1v) is 6.12. The van der Waals surface area contributed by atoms with Crippen LogP contribution in [0.25, 0.3) is 0 Å². The van der Waals surface area contributed by atoms with Crippen molar-refractivity contribution in [1.82, 2.24) is 0 Å². The van der Waals surface area contributed by atoms with Crippen molar-refractivity contribution < 1.29 is 14.3 Å².